The maximum atomic E-state index is 11.7. The Kier molecular flexibility index (Phi) is 7.72. The lowest BCUT2D eigenvalue weighted by atomic mass is 10.1. The zero-order valence-electron chi connectivity index (χ0n) is 14.0. The van der Waals surface area contributed by atoms with Gasteiger partial charge in [-0.05, 0) is 35.4 Å². The molecule has 0 bridgehead atoms. The summed E-state index contributed by atoms with van der Waals surface area (Å²) >= 11 is 1.57. The van der Waals surface area contributed by atoms with Gasteiger partial charge in [0.15, 0.2) is 0 Å². The number of methoxy groups -OCH3 is 1. The number of rotatable bonds is 8. The fourth-order valence-electron chi connectivity index (χ4n) is 2.03. The molecule has 6 heteroatoms. The van der Waals surface area contributed by atoms with Crippen LogP contribution >= 0.6 is 11.8 Å². The minimum absolute atomic E-state index is 0.138. The quantitative estimate of drug-likeness (QED) is 0.342. The van der Waals surface area contributed by atoms with Crippen molar-refractivity contribution in [2.45, 2.75) is 6.42 Å². The Morgan fingerprint density at radius 3 is 2.52 bits per heavy atom. The lowest BCUT2D eigenvalue weighted by Crippen LogP contribution is -2.20. The van der Waals surface area contributed by atoms with Crippen LogP contribution in [0.4, 0.5) is 0 Å². The lowest BCUT2D eigenvalue weighted by Gasteiger charge is -2.02. The molecule has 0 saturated carbocycles. The Bertz CT molecular complexity index is 715. The van der Waals surface area contributed by atoms with Crippen molar-refractivity contribution >= 4 is 29.9 Å². The van der Waals surface area contributed by atoms with Crippen LogP contribution in [-0.2, 0) is 16.0 Å². The predicted molar refractivity (Wildman–Crippen MR) is 101 cm³/mol. The first-order chi connectivity index (χ1) is 12.2. The van der Waals surface area contributed by atoms with Gasteiger partial charge in [0.1, 0.15) is 0 Å². The van der Waals surface area contributed by atoms with E-state index in [-0.39, 0.29) is 11.9 Å². The number of carbonyl (C=O) groups is 2. The summed E-state index contributed by atoms with van der Waals surface area (Å²) in [5.41, 5.74) is 5.02. The Morgan fingerprint density at radius 1 is 1.12 bits per heavy atom. The lowest BCUT2D eigenvalue weighted by molar-refractivity contribution is -0.118. The number of thioether (sulfide) groups is 1. The van der Waals surface area contributed by atoms with E-state index in [1.54, 1.807) is 36.0 Å². The normalized spacial score (nSPS) is 10.6. The second-order valence-electron chi connectivity index (χ2n) is 5.19. The van der Waals surface area contributed by atoms with Gasteiger partial charge >= 0.3 is 5.97 Å². The van der Waals surface area contributed by atoms with Crippen molar-refractivity contribution in [2.75, 3.05) is 18.6 Å². The molecule has 0 atom stereocenters. The largest absolute Gasteiger partial charge is 0.465 e. The first kappa shape index (κ1) is 18.7. The average Bonchev–Trinajstić information content (AvgIpc) is 2.66. The summed E-state index contributed by atoms with van der Waals surface area (Å²) in [5, 5.41) is 3.92. The first-order valence-electron chi connectivity index (χ1n) is 7.81. The van der Waals surface area contributed by atoms with Crippen molar-refractivity contribution in [3.63, 3.8) is 0 Å². The van der Waals surface area contributed by atoms with Crippen molar-refractivity contribution in [1.29, 1.82) is 0 Å². The van der Waals surface area contributed by atoms with Crippen LogP contribution < -0.4 is 5.43 Å². The van der Waals surface area contributed by atoms with Crippen LogP contribution in [0, 0.1) is 0 Å². The molecule has 0 unspecified atom stereocenters. The summed E-state index contributed by atoms with van der Waals surface area (Å²) < 4.78 is 4.63. The SMILES string of the molecule is COC(=O)c1ccc(/C=N\NC(=O)CSCCc2ccccc2)cc1. The molecule has 0 aliphatic carbocycles. The summed E-state index contributed by atoms with van der Waals surface area (Å²) in [6, 6.07) is 16.9. The number of hydrazone groups is 1. The third kappa shape index (κ3) is 6.81. The molecule has 5 nitrogen and oxygen atoms in total. The van der Waals surface area contributed by atoms with Gasteiger partial charge in [-0.1, -0.05) is 42.5 Å². The number of hydrogen-bond donors (Lipinski definition) is 1. The summed E-state index contributed by atoms with van der Waals surface area (Å²) in [6.07, 6.45) is 2.47. The maximum absolute atomic E-state index is 11.7. The predicted octanol–water partition coefficient (Wildman–Crippen LogP) is 2.90. The molecule has 0 fully saturated rings. The van der Waals surface area contributed by atoms with Gasteiger partial charge in [-0.25, -0.2) is 10.2 Å². The van der Waals surface area contributed by atoms with E-state index in [0.29, 0.717) is 11.3 Å². The zero-order chi connectivity index (χ0) is 17.9. The number of aryl methyl sites for hydroxylation is 1. The van der Waals surface area contributed by atoms with Crippen LogP contribution in [0.1, 0.15) is 21.5 Å². The summed E-state index contributed by atoms with van der Waals surface area (Å²) in [6.45, 7) is 0. The highest BCUT2D eigenvalue weighted by Crippen LogP contribution is 2.07. The minimum Gasteiger partial charge on any atom is -0.465 e. The Balaban J connectivity index is 1.67. The van der Waals surface area contributed by atoms with Crippen molar-refractivity contribution in [2.24, 2.45) is 5.10 Å². The summed E-state index contributed by atoms with van der Waals surface area (Å²) in [4.78, 5) is 23.0. The fraction of sp³-hybridized carbons (Fsp3) is 0.211. The van der Waals surface area contributed by atoms with Crippen molar-refractivity contribution in [3.05, 3.63) is 71.3 Å². The molecule has 1 amide bonds. The van der Waals surface area contributed by atoms with E-state index in [9.17, 15) is 9.59 Å². The van der Waals surface area contributed by atoms with Crippen LogP contribution in [0.5, 0.6) is 0 Å². The second kappa shape index (κ2) is 10.3. The van der Waals surface area contributed by atoms with Crippen molar-refractivity contribution in [3.8, 4) is 0 Å². The topological polar surface area (TPSA) is 67.8 Å². The number of nitrogens with one attached hydrogen (secondary N) is 1. The van der Waals surface area contributed by atoms with E-state index in [1.165, 1.54) is 18.9 Å². The molecule has 0 aliphatic heterocycles. The Hall–Kier alpha value is -2.60. The molecule has 0 aliphatic rings. The molecule has 0 saturated heterocycles. The molecule has 2 rings (SSSR count). The number of esters is 1. The average molecular weight is 356 g/mol. The zero-order valence-corrected chi connectivity index (χ0v) is 14.8. The van der Waals surface area contributed by atoms with E-state index in [1.807, 2.05) is 18.2 Å². The van der Waals surface area contributed by atoms with Gasteiger partial charge in [0.25, 0.3) is 0 Å². The van der Waals surface area contributed by atoms with E-state index in [2.05, 4.69) is 27.4 Å². The highest BCUT2D eigenvalue weighted by molar-refractivity contribution is 7.99. The van der Waals surface area contributed by atoms with Crippen LogP contribution in [-0.4, -0.2) is 36.7 Å². The third-order valence-corrected chi connectivity index (χ3v) is 4.30. The second-order valence-corrected chi connectivity index (χ2v) is 6.30. The summed E-state index contributed by atoms with van der Waals surface area (Å²) in [5.74, 6) is 0.728. The number of benzene rings is 2. The van der Waals surface area contributed by atoms with Crippen molar-refractivity contribution < 1.29 is 14.3 Å². The fourth-order valence-corrected chi connectivity index (χ4v) is 2.81. The molecule has 0 heterocycles. The van der Waals surface area contributed by atoms with Gasteiger partial charge in [0.2, 0.25) is 5.91 Å². The number of carbonyl (C=O) groups excluding carboxylic acids is 2. The Morgan fingerprint density at radius 2 is 1.84 bits per heavy atom. The molecule has 0 aromatic heterocycles. The van der Waals surface area contributed by atoms with Gasteiger partial charge in [0, 0.05) is 0 Å². The standard InChI is InChI=1S/C19H20N2O3S/c1-24-19(23)17-9-7-16(8-10-17)13-20-21-18(22)14-25-12-11-15-5-3-2-4-6-15/h2-10,13H,11-12,14H2,1H3,(H,21,22)/b20-13-. The molecular formula is C19H20N2O3S. The van der Waals surface area contributed by atoms with Crippen LogP contribution in [0.2, 0.25) is 0 Å². The Labute approximate surface area is 151 Å². The monoisotopic (exact) mass is 356 g/mol. The van der Waals surface area contributed by atoms with E-state index in [0.717, 1.165) is 17.7 Å². The van der Waals surface area contributed by atoms with Gasteiger partial charge in [0.05, 0.1) is 24.6 Å². The molecular weight excluding hydrogens is 336 g/mol. The number of ether oxygens (including phenoxy) is 1. The van der Waals surface area contributed by atoms with Crippen LogP contribution in [0.15, 0.2) is 59.7 Å². The minimum atomic E-state index is -0.385. The highest BCUT2D eigenvalue weighted by Gasteiger charge is 2.03. The van der Waals surface area contributed by atoms with Gasteiger partial charge < -0.3 is 4.74 Å². The smallest absolute Gasteiger partial charge is 0.337 e. The molecule has 1 N–H and O–H groups in total. The number of amides is 1. The molecule has 2 aromatic rings. The van der Waals surface area contributed by atoms with Gasteiger partial charge in [-0.2, -0.15) is 16.9 Å². The van der Waals surface area contributed by atoms with Gasteiger partial charge in [-0.15, -0.1) is 0 Å². The van der Waals surface area contributed by atoms with E-state index >= 15 is 0 Å². The molecule has 2 aromatic carbocycles. The maximum Gasteiger partial charge on any atom is 0.337 e. The van der Waals surface area contributed by atoms with Crippen molar-refractivity contribution in [1.82, 2.24) is 5.43 Å². The first-order valence-corrected chi connectivity index (χ1v) is 8.96. The number of hydrogen-bond acceptors (Lipinski definition) is 5. The van der Waals surface area contributed by atoms with E-state index < -0.39 is 0 Å². The number of nitrogens with zero attached hydrogens (tertiary/aromatic N) is 1. The highest BCUT2D eigenvalue weighted by atomic mass is 32.2. The van der Waals surface area contributed by atoms with Gasteiger partial charge in [-0.3, -0.25) is 4.79 Å². The van der Waals surface area contributed by atoms with Crippen LogP contribution in [0.25, 0.3) is 0 Å². The molecule has 25 heavy (non-hydrogen) atoms. The molecule has 0 radical (unpaired) electrons. The van der Waals surface area contributed by atoms with Crippen LogP contribution in [0.3, 0.4) is 0 Å². The molecule has 0 spiro atoms. The third-order valence-electron chi connectivity index (χ3n) is 3.35. The van der Waals surface area contributed by atoms with E-state index in [4.69, 9.17) is 0 Å². The summed E-state index contributed by atoms with van der Waals surface area (Å²) in [7, 11) is 1.34. The molecule has 130 valence electrons.